The lowest BCUT2D eigenvalue weighted by molar-refractivity contribution is -0.192. The summed E-state index contributed by atoms with van der Waals surface area (Å²) in [6.07, 6.45) is 2.12. The van der Waals surface area contributed by atoms with E-state index in [0.29, 0.717) is 19.8 Å². The predicted octanol–water partition coefficient (Wildman–Crippen LogP) is 1.73. The third-order valence-electron chi connectivity index (χ3n) is 5.70. The number of carbonyl (C=O) groups is 2. The molecule has 1 amide bonds. The van der Waals surface area contributed by atoms with Crippen molar-refractivity contribution in [3.8, 4) is 0 Å². The molecule has 1 spiro atoms. The molecule has 9 nitrogen and oxygen atoms in total. The number of rotatable bonds is 2. The normalized spacial score (nSPS) is 26.3. The SMILES string of the molecule is O=C(C1CCCO1)N1CCCC2(COCCN(c3ncccn3)C2)C1.O=C(O)C(F)(F)F. The van der Waals surface area contributed by atoms with Crippen molar-refractivity contribution in [2.75, 3.05) is 50.9 Å². The fourth-order valence-corrected chi connectivity index (χ4v) is 4.24. The maximum Gasteiger partial charge on any atom is 0.490 e. The van der Waals surface area contributed by atoms with Crippen molar-refractivity contribution in [1.82, 2.24) is 14.9 Å². The molecule has 0 radical (unpaired) electrons. The maximum atomic E-state index is 12.8. The second-order valence-corrected chi connectivity index (χ2v) is 8.19. The largest absolute Gasteiger partial charge is 0.490 e. The molecule has 1 aromatic rings. The number of likely N-dealkylation sites (tertiary alicyclic amines) is 1. The molecule has 0 bridgehead atoms. The Labute approximate surface area is 183 Å². The van der Waals surface area contributed by atoms with Gasteiger partial charge in [-0.2, -0.15) is 13.2 Å². The van der Waals surface area contributed by atoms with Gasteiger partial charge in [-0.3, -0.25) is 4.79 Å². The molecular weight excluding hydrogens is 433 g/mol. The summed E-state index contributed by atoms with van der Waals surface area (Å²) >= 11 is 0. The van der Waals surface area contributed by atoms with E-state index >= 15 is 0 Å². The summed E-state index contributed by atoms with van der Waals surface area (Å²) in [5, 5.41) is 7.12. The van der Waals surface area contributed by atoms with Gasteiger partial charge >= 0.3 is 12.1 Å². The Kier molecular flexibility index (Phi) is 7.88. The molecule has 0 saturated carbocycles. The maximum absolute atomic E-state index is 12.8. The molecule has 3 saturated heterocycles. The minimum atomic E-state index is -5.08. The van der Waals surface area contributed by atoms with Gasteiger partial charge in [-0.25, -0.2) is 14.8 Å². The second kappa shape index (κ2) is 10.4. The van der Waals surface area contributed by atoms with Crippen LogP contribution in [-0.4, -0.2) is 90.1 Å². The number of carboxylic acid groups (broad SMARTS) is 1. The van der Waals surface area contributed by atoms with Gasteiger partial charge < -0.3 is 24.4 Å². The highest BCUT2D eigenvalue weighted by Crippen LogP contribution is 2.34. The molecule has 0 aromatic carbocycles. The third-order valence-corrected chi connectivity index (χ3v) is 5.70. The van der Waals surface area contributed by atoms with E-state index in [-0.39, 0.29) is 17.4 Å². The molecule has 32 heavy (non-hydrogen) atoms. The van der Waals surface area contributed by atoms with E-state index in [0.717, 1.165) is 57.8 Å². The van der Waals surface area contributed by atoms with E-state index in [9.17, 15) is 18.0 Å². The fourth-order valence-electron chi connectivity index (χ4n) is 4.24. The van der Waals surface area contributed by atoms with Crippen LogP contribution in [0.4, 0.5) is 19.1 Å². The topological polar surface area (TPSA) is 105 Å². The number of anilines is 1. The van der Waals surface area contributed by atoms with E-state index in [1.165, 1.54) is 0 Å². The highest BCUT2D eigenvalue weighted by molar-refractivity contribution is 5.81. The molecule has 1 N–H and O–H groups in total. The van der Waals surface area contributed by atoms with Gasteiger partial charge in [-0.05, 0) is 31.7 Å². The number of hydrogen-bond donors (Lipinski definition) is 1. The number of carbonyl (C=O) groups excluding carboxylic acids is 1. The smallest absolute Gasteiger partial charge is 0.475 e. The van der Waals surface area contributed by atoms with Crippen LogP contribution in [0.1, 0.15) is 25.7 Å². The van der Waals surface area contributed by atoms with Gasteiger partial charge in [-0.15, -0.1) is 0 Å². The quantitative estimate of drug-likeness (QED) is 0.712. The number of alkyl halides is 3. The van der Waals surface area contributed by atoms with Crippen LogP contribution in [0.3, 0.4) is 0 Å². The molecule has 4 rings (SSSR count). The molecule has 2 unspecified atom stereocenters. The Morgan fingerprint density at radius 2 is 1.84 bits per heavy atom. The predicted molar refractivity (Wildman–Crippen MR) is 106 cm³/mol. The van der Waals surface area contributed by atoms with E-state index < -0.39 is 12.1 Å². The first-order chi connectivity index (χ1) is 15.2. The van der Waals surface area contributed by atoms with Crippen molar-refractivity contribution in [3.05, 3.63) is 18.5 Å². The summed E-state index contributed by atoms with van der Waals surface area (Å²) in [5.74, 6) is -1.86. The summed E-state index contributed by atoms with van der Waals surface area (Å²) in [6, 6.07) is 1.83. The highest BCUT2D eigenvalue weighted by Gasteiger charge is 2.42. The van der Waals surface area contributed by atoms with Crippen LogP contribution in [-0.2, 0) is 19.1 Å². The van der Waals surface area contributed by atoms with E-state index in [2.05, 4.69) is 14.9 Å². The third kappa shape index (κ3) is 6.28. The van der Waals surface area contributed by atoms with Crippen molar-refractivity contribution >= 4 is 17.8 Å². The second-order valence-electron chi connectivity index (χ2n) is 8.19. The number of nitrogens with zero attached hydrogens (tertiary/aromatic N) is 4. The van der Waals surface area contributed by atoms with Crippen LogP contribution >= 0.6 is 0 Å². The molecule has 4 heterocycles. The molecule has 1 aromatic heterocycles. The molecule has 0 aliphatic carbocycles. The van der Waals surface area contributed by atoms with Gasteiger partial charge in [0.2, 0.25) is 5.95 Å². The average Bonchev–Trinajstić information content (AvgIpc) is 3.23. The first-order valence-electron chi connectivity index (χ1n) is 10.5. The van der Waals surface area contributed by atoms with Gasteiger partial charge in [-0.1, -0.05) is 0 Å². The van der Waals surface area contributed by atoms with Crippen molar-refractivity contribution in [2.24, 2.45) is 5.41 Å². The zero-order chi connectivity index (χ0) is 23.2. The summed E-state index contributed by atoms with van der Waals surface area (Å²) < 4.78 is 43.3. The highest BCUT2D eigenvalue weighted by atomic mass is 19.4. The first-order valence-corrected chi connectivity index (χ1v) is 10.5. The van der Waals surface area contributed by atoms with Crippen molar-refractivity contribution in [3.63, 3.8) is 0 Å². The standard InChI is InChI=1S/C18H26N4O3.C2HF3O2/c23-16(15-4-1-10-25-15)21-8-2-5-18(12-21)13-22(9-11-24-14-18)17-19-6-3-7-20-17;3-2(4,5)1(6)7/h3,6-7,15H,1-2,4-5,8-14H2;(H,6,7). The molecule has 3 aliphatic heterocycles. The van der Waals surface area contributed by atoms with Gasteiger partial charge in [0.05, 0.1) is 13.2 Å². The number of carboxylic acids is 1. The average molecular weight is 460 g/mol. The molecular formula is C20H27F3N4O5. The van der Waals surface area contributed by atoms with Crippen LogP contribution in [0.15, 0.2) is 18.5 Å². The molecule has 178 valence electrons. The van der Waals surface area contributed by atoms with E-state index in [1.807, 2.05) is 11.0 Å². The number of hydrogen-bond acceptors (Lipinski definition) is 7. The van der Waals surface area contributed by atoms with Gasteiger partial charge in [0.1, 0.15) is 6.10 Å². The summed E-state index contributed by atoms with van der Waals surface area (Å²) in [6.45, 7) is 5.22. The number of aromatic nitrogens is 2. The molecule has 3 fully saturated rings. The Bertz CT molecular complexity index is 776. The molecule has 2 atom stereocenters. The van der Waals surface area contributed by atoms with E-state index in [4.69, 9.17) is 19.4 Å². The van der Waals surface area contributed by atoms with Crippen LogP contribution in [0.25, 0.3) is 0 Å². The zero-order valence-corrected chi connectivity index (χ0v) is 17.6. The lowest BCUT2D eigenvalue weighted by atomic mass is 9.80. The number of piperidine rings is 1. The first kappa shape index (κ1) is 24.2. The number of amides is 1. The van der Waals surface area contributed by atoms with Crippen molar-refractivity contribution < 1.29 is 37.3 Å². The van der Waals surface area contributed by atoms with Gasteiger partial charge in [0.15, 0.2) is 0 Å². The number of aliphatic carboxylic acids is 1. The summed E-state index contributed by atoms with van der Waals surface area (Å²) in [4.78, 5) is 34.7. The van der Waals surface area contributed by atoms with Crippen molar-refractivity contribution in [1.29, 1.82) is 0 Å². The summed E-state index contributed by atoms with van der Waals surface area (Å²) in [7, 11) is 0. The molecule has 3 aliphatic rings. The zero-order valence-electron chi connectivity index (χ0n) is 17.6. The fraction of sp³-hybridized carbons (Fsp3) is 0.700. The van der Waals surface area contributed by atoms with E-state index in [1.54, 1.807) is 12.4 Å². The Morgan fingerprint density at radius 1 is 1.12 bits per heavy atom. The molecule has 12 heteroatoms. The lowest BCUT2D eigenvalue weighted by Crippen LogP contribution is -2.54. The minimum Gasteiger partial charge on any atom is -0.475 e. The van der Waals surface area contributed by atoms with Crippen LogP contribution in [0.5, 0.6) is 0 Å². The van der Waals surface area contributed by atoms with Crippen LogP contribution < -0.4 is 4.90 Å². The lowest BCUT2D eigenvalue weighted by Gasteiger charge is -2.44. The monoisotopic (exact) mass is 460 g/mol. The van der Waals surface area contributed by atoms with Crippen LogP contribution in [0.2, 0.25) is 0 Å². The van der Waals surface area contributed by atoms with Gasteiger partial charge in [0.25, 0.3) is 5.91 Å². The minimum absolute atomic E-state index is 0.0534. The number of ether oxygens (including phenoxy) is 2. The Balaban J connectivity index is 0.000000360. The summed E-state index contributed by atoms with van der Waals surface area (Å²) in [5.41, 5.74) is -0.0534. The van der Waals surface area contributed by atoms with Crippen LogP contribution in [0, 0.1) is 5.41 Å². The Morgan fingerprint density at radius 3 is 2.47 bits per heavy atom. The number of halogens is 3. The van der Waals surface area contributed by atoms with Crippen molar-refractivity contribution in [2.45, 2.75) is 38.0 Å². The van der Waals surface area contributed by atoms with Gasteiger partial charge in [0, 0.05) is 50.6 Å². The Hall–Kier alpha value is -2.47.